The number of allylic oxidation sites excluding steroid dienone is 1. The number of aryl methyl sites for hydroxylation is 1. The summed E-state index contributed by atoms with van der Waals surface area (Å²) in [5.41, 5.74) is -0.822. The minimum Gasteiger partial charge on any atom is -0.339 e. The molecule has 1 heterocycles. The SMILES string of the molecule is CCCCC/C=C\[C@@H]1C[C@]1(NC(=O)[C@@H]1CCCN1C=O)C(=O)NS(=O)(=O)c1ccccc1C. The number of carbonyl (C=O) groups is 3. The van der Waals surface area contributed by atoms with Crippen molar-refractivity contribution in [1.82, 2.24) is 14.9 Å². The summed E-state index contributed by atoms with van der Waals surface area (Å²) in [6, 6.07) is 5.77. The molecule has 33 heavy (non-hydrogen) atoms. The van der Waals surface area contributed by atoms with Gasteiger partial charge in [0.25, 0.3) is 15.9 Å². The molecule has 3 rings (SSSR count). The van der Waals surface area contributed by atoms with Crippen molar-refractivity contribution in [1.29, 1.82) is 0 Å². The van der Waals surface area contributed by atoms with Gasteiger partial charge in [-0.25, -0.2) is 13.1 Å². The van der Waals surface area contributed by atoms with Crippen LogP contribution in [0.1, 0.15) is 57.4 Å². The van der Waals surface area contributed by atoms with Crippen molar-refractivity contribution in [3.8, 4) is 0 Å². The molecule has 2 fully saturated rings. The predicted molar refractivity (Wildman–Crippen MR) is 125 cm³/mol. The van der Waals surface area contributed by atoms with E-state index in [1.54, 1.807) is 25.1 Å². The lowest BCUT2D eigenvalue weighted by Gasteiger charge is -2.24. The standard InChI is InChI=1S/C24H33N3O5S/c1-3-4-5-6-7-12-19-16-24(19,25-22(29)20-13-10-15-27(20)17-28)23(30)26-33(31,32)21-14-9-8-11-18(21)2/h7-9,11-12,14,17,19-20H,3-6,10,13,15-16H2,1-2H3,(H,25,29)(H,26,30)/b12-7-/t19-,20+,24-/m1/s1. The summed E-state index contributed by atoms with van der Waals surface area (Å²) in [4.78, 5) is 38.9. The molecule has 8 nitrogen and oxygen atoms in total. The molecule has 2 aliphatic rings. The van der Waals surface area contributed by atoms with Gasteiger partial charge in [-0.05, 0) is 50.7 Å². The molecule has 1 saturated heterocycles. The first-order chi connectivity index (χ1) is 15.7. The quantitative estimate of drug-likeness (QED) is 0.290. The molecule has 0 radical (unpaired) electrons. The fraction of sp³-hybridized carbons (Fsp3) is 0.542. The van der Waals surface area contributed by atoms with E-state index in [0.717, 1.165) is 25.7 Å². The Morgan fingerprint density at radius 1 is 1.24 bits per heavy atom. The van der Waals surface area contributed by atoms with Crippen molar-refractivity contribution in [2.24, 2.45) is 5.92 Å². The highest BCUT2D eigenvalue weighted by Crippen LogP contribution is 2.45. The van der Waals surface area contributed by atoms with Crippen LogP contribution >= 0.6 is 0 Å². The maximum Gasteiger partial charge on any atom is 0.264 e. The highest BCUT2D eigenvalue weighted by molar-refractivity contribution is 7.90. The minimum atomic E-state index is -4.10. The summed E-state index contributed by atoms with van der Waals surface area (Å²) in [7, 11) is -4.10. The number of likely N-dealkylation sites (tertiary alicyclic amines) is 1. The number of nitrogens with zero attached hydrogens (tertiary/aromatic N) is 1. The van der Waals surface area contributed by atoms with Gasteiger partial charge in [0, 0.05) is 12.5 Å². The summed E-state index contributed by atoms with van der Waals surface area (Å²) >= 11 is 0. The summed E-state index contributed by atoms with van der Waals surface area (Å²) in [6.07, 6.45) is 10.2. The van der Waals surface area contributed by atoms with Gasteiger partial charge in [-0.2, -0.15) is 0 Å². The van der Waals surface area contributed by atoms with Crippen LogP contribution in [0.5, 0.6) is 0 Å². The van der Waals surface area contributed by atoms with Gasteiger partial charge in [-0.1, -0.05) is 50.1 Å². The second-order valence-corrected chi connectivity index (χ2v) is 10.5. The van der Waals surface area contributed by atoms with E-state index in [9.17, 15) is 22.8 Å². The zero-order valence-corrected chi connectivity index (χ0v) is 20.1. The summed E-state index contributed by atoms with van der Waals surface area (Å²) in [5.74, 6) is -1.48. The van der Waals surface area contributed by atoms with Crippen LogP contribution in [-0.4, -0.2) is 49.7 Å². The molecule has 2 N–H and O–H groups in total. The highest BCUT2D eigenvalue weighted by Gasteiger charge is 2.61. The fourth-order valence-electron chi connectivity index (χ4n) is 4.38. The van der Waals surface area contributed by atoms with E-state index >= 15 is 0 Å². The fourth-order valence-corrected chi connectivity index (χ4v) is 5.67. The molecule has 3 atom stereocenters. The maximum absolute atomic E-state index is 13.3. The average molecular weight is 476 g/mol. The number of unbranched alkanes of at least 4 members (excludes halogenated alkanes) is 3. The molecule has 1 saturated carbocycles. The maximum atomic E-state index is 13.3. The van der Waals surface area contributed by atoms with Crippen LogP contribution in [0.4, 0.5) is 0 Å². The summed E-state index contributed by atoms with van der Waals surface area (Å²) < 4.78 is 28.0. The van der Waals surface area contributed by atoms with Gasteiger partial charge in [-0.15, -0.1) is 0 Å². The lowest BCUT2D eigenvalue weighted by Crippen LogP contribution is -2.55. The number of hydrogen-bond donors (Lipinski definition) is 2. The Balaban J connectivity index is 1.78. The number of benzene rings is 1. The Bertz CT molecular complexity index is 1020. The van der Waals surface area contributed by atoms with Crippen molar-refractivity contribution in [3.63, 3.8) is 0 Å². The smallest absolute Gasteiger partial charge is 0.264 e. The van der Waals surface area contributed by atoms with Gasteiger partial charge < -0.3 is 10.2 Å². The Morgan fingerprint density at radius 2 is 2.00 bits per heavy atom. The van der Waals surface area contributed by atoms with E-state index in [1.165, 1.54) is 11.0 Å². The van der Waals surface area contributed by atoms with Gasteiger partial charge in [0.15, 0.2) is 0 Å². The number of amides is 3. The van der Waals surface area contributed by atoms with E-state index in [2.05, 4.69) is 17.0 Å². The van der Waals surface area contributed by atoms with Crippen molar-refractivity contribution in [3.05, 3.63) is 42.0 Å². The molecule has 0 aromatic heterocycles. The topological polar surface area (TPSA) is 113 Å². The van der Waals surface area contributed by atoms with E-state index in [1.807, 2.05) is 12.2 Å². The van der Waals surface area contributed by atoms with Gasteiger partial charge in [0.2, 0.25) is 12.3 Å². The minimum absolute atomic E-state index is 0.0232. The molecule has 1 aromatic carbocycles. The normalized spacial score (nSPS) is 24.6. The lowest BCUT2D eigenvalue weighted by molar-refractivity contribution is -0.134. The number of sulfonamides is 1. The molecule has 1 aliphatic carbocycles. The first-order valence-corrected chi connectivity index (χ1v) is 13.1. The van der Waals surface area contributed by atoms with Crippen LogP contribution < -0.4 is 10.0 Å². The van der Waals surface area contributed by atoms with Crippen LogP contribution in [0.3, 0.4) is 0 Å². The molecule has 9 heteroatoms. The Morgan fingerprint density at radius 3 is 2.70 bits per heavy atom. The summed E-state index contributed by atoms with van der Waals surface area (Å²) in [6.45, 7) is 4.27. The zero-order valence-electron chi connectivity index (χ0n) is 19.2. The number of hydrogen-bond acceptors (Lipinski definition) is 5. The zero-order chi connectivity index (χ0) is 24.1. The van der Waals surface area contributed by atoms with Crippen molar-refractivity contribution >= 4 is 28.2 Å². The molecule has 0 unspecified atom stereocenters. The largest absolute Gasteiger partial charge is 0.339 e. The van der Waals surface area contributed by atoms with E-state index in [4.69, 9.17) is 0 Å². The van der Waals surface area contributed by atoms with Crippen molar-refractivity contribution < 1.29 is 22.8 Å². The second-order valence-electron chi connectivity index (χ2n) is 8.90. The van der Waals surface area contributed by atoms with Gasteiger partial charge in [0.1, 0.15) is 11.6 Å². The third kappa shape index (κ3) is 5.63. The Hall–Kier alpha value is -2.68. The number of carbonyl (C=O) groups excluding carboxylic acids is 3. The third-order valence-corrected chi connectivity index (χ3v) is 7.94. The highest BCUT2D eigenvalue weighted by atomic mass is 32.2. The number of rotatable bonds is 11. The van der Waals surface area contributed by atoms with E-state index in [0.29, 0.717) is 37.8 Å². The van der Waals surface area contributed by atoms with E-state index in [-0.39, 0.29) is 10.8 Å². The molecule has 1 aromatic rings. The van der Waals surface area contributed by atoms with Crippen LogP contribution in [-0.2, 0) is 24.4 Å². The number of nitrogens with one attached hydrogen (secondary N) is 2. The van der Waals surface area contributed by atoms with Gasteiger partial charge in [0.05, 0.1) is 4.90 Å². The third-order valence-electron chi connectivity index (χ3n) is 6.45. The molecule has 0 spiro atoms. The molecular formula is C24H33N3O5S. The molecular weight excluding hydrogens is 442 g/mol. The first kappa shape index (κ1) is 25.0. The molecule has 1 aliphatic heterocycles. The van der Waals surface area contributed by atoms with Crippen LogP contribution in [0, 0.1) is 12.8 Å². The monoisotopic (exact) mass is 475 g/mol. The predicted octanol–water partition coefficient (Wildman–Crippen LogP) is 2.43. The molecule has 3 amide bonds. The Kier molecular flexibility index (Phi) is 7.94. The van der Waals surface area contributed by atoms with Crippen molar-refractivity contribution in [2.45, 2.75) is 75.3 Å². The first-order valence-electron chi connectivity index (χ1n) is 11.6. The lowest BCUT2D eigenvalue weighted by atomic mass is 10.1. The molecule has 180 valence electrons. The Labute approximate surface area is 195 Å². The van der Waals surface area contributed by atoms with E-state index < -0.39 is 33.4 Å². The average Bonchev–Trinajstić information content (AvgIpc) is 3.25. The molecule has 0 bridgehead atoms. The van der Waals surface area contributed by atoms with Crippen LogP contribution in [0.2, 0.25) is 0 Å². The van der Waals surface area contributed by atoms with Crippen LogP contribution in [0.15, 0.2) is 41.3 Å². The van der Waals surface area contributed by atoms with Gasteiger partial charge in [-0.3, -0.25) is 14.4 Å². The second kappa shape index (κ2) is 10.5. The summed E-state index contributed by atoms with van der Waals surface area (Å²) in [5, 5.41) is 2.80. The van der Waals surface area contributed by atoms with Gasteiger partial charge >= 0.3 is 0 Å². The van der Waals surface area contributed by atoms with Crippen molar-refractivity contribution in [2.75, 3.05) is 6.54 Å². The van der Waals surface area contributed by atoms with Crippen LogP contribution in [0.25, 0.3) is 0 Å².